The molecule has 0 aliphatic rings. The maximum absolute atomic E-state index is 6.15. The molecule has 21 heavy (non-hydrogen) atoms. The van der Waals surface area contributed by atoms with Crippen molar-refractivity contribution in [2.45, 2.75) is 13.0 Å². The number of aryl methyl sites for hydroxylation is 1. The fraction of sp³-hybridized carbons (Fsp3) is 0.214. The van der Waals surface area contributed by atoms with Gasteiger partial charge in [0.2, 0.25) is 0 Å². The van der Waals surface area contributed by atoms with E-state index in [2.05, 4.69) is 30.9 Å². The molecule has 0 atom stereocenters. The average Bonchev–Trinajstić information content (AvgIpc) is 2.98. The number of benzene rings is 1. The Kier molecular flexibility index (Phi) is 4.81. The molecule has 0 N–H and O–H groups in total. The number of halogens is 4. The summed E-state index contributed by atoms with van der Waals surface area (Å²) in [5.41, 5.74) is 1.82. The summed E-state index contributed by atoms with van der Waals surface area (Å²) in [6.07, 6.45) is 0.703. The maximum atomic E-state index is 6.15. The Morgan fingerprint density at radius 1 is 1.24 bits per heavy atom. The summed E-state index contributed by atoms with van der Waals surface area (Å²) in [7, 11) is 0. The van der Waals surface area contributed by atoms with Crippen molar-refractivity contribution in [3.05, 3.63) is 48.8 Å². The number of hydrogen-bond donors (Lipinski definition) is 0. The molecule has 0 unspecified atom stereocenters. The zero-order valence-corrected chi connectivity index (χ0v) is 15.4. The Morgan fingerprint density at radius 3 is 2.67 bits per heavy atom. The molecule has 0 saturated heterocycles. The third-order valence-corrected chi connectivity index (χ3v) is 6.00. The van der Waals surface area contributed by atoms with Crippen LogP contribution in [-0.4, -0.2) is 15.4 Å². The molecule has 2 heterocycles. The van der Waals surface area contributed by atoms with Gasteiger partial charge in [0.15, 0.2) is 0 Å². The highest BCUT2D eigenvalue weighted by molar-refractivity contribution is 9.10. The highest BCUT2D eigenvalue weighted by atomic mass is 79.9. The number of aromatic nitrogens is 2. The van der Waals surface area contributed by atoms with Gasteiger partial charge in [-0.1, -0.05) is 23.2 Å². The molecular formula is C14H10BrCl3N2S. The Labute approximate surface area is 149 Å². The van der Waals surface area contributed by atoms with Crippen LogP contribution < -0.4 is 0 Å². The van der Waals surface area contributed by atoms with E-state index in [9.17, 15) is 0 Å². The number of hydrogen-bond acceptors (Lipinski definition) is 2. The molecule has 0 amide bonds. The van der Waals surface area contributed by atoms with Crippen molar-refractivity contribution in [2.24, 2.45) is 0 Å². The first kappa shape index (κ1) is 15.6. The van der Waals surface area contributed by atoms with E-state index in [-0.39, 0.29) is 0 Å². The van der Waals surface area contributed by atoms with E-state index in [0.717, 1.165) is 27.9 Å². The Hall–Kier alpha value is -0.260. The summed E-state index contributed by atoms with van der Waals surface area (Å²) >= 11 is 23.4. The quantitative estimate of drug-likeness (QED) is 0.470. The van der Waals surface area contributed by atoms with Crippen molar-refractivity contribution < 1.29 is 0 Å². The molecule has 0 saturated carbocycles. The number of imidazole rings is 1. The van der Waals surface area contributed by atoms with E-state index in [1.54, 1.807) is 17.4 Å². The molecule has 0 aliphatic carbocycles. The fourth-order valence-corrected chi connectivity index (χ4v) is 4.15. The van der Waals surface area contributed by atoms with Crippen LogP contribution >= 0.6 is 62.1 Å². The van der Waals surface area contributed by atoms with Gasteiger partial charge in [0.1, 0.15) is 5.82 Å². The molecule has 3 rings (SSSR count). The minimum Gasteiger partial charge on any atom is -0.323 e. The first-order chi connectivity index (χ1) is 10.1. The largest absolute Gasteiger partial charge is 0.323 e. The van der Waals surface area contributed by atoms with Crippen LogP contribution in [0.1, 0.15) is 10.7 Å². The number of rotatable bonds is 4. The van der Waals surface area contributed by atoms with Crippen molar-refractivity contribution in [2.75, 3.05) is 5.88 Å². The summed E-state index contributed by atoms with van der Waals surface area (Å²) in [6.45, 7) is 0.735. The van der Waals surface area contributed by atoms with E-state index in [0.29, 0.717) is 22.3 Å². The Balaban J connectivity index is 2.15. The Morgan fingerprint density at radius 2 is 2.00 bits per heavy atom. The molecule has 2 nitrogen and oxygen atoms in total. The zero-order valence-electron chi connectivity index (χ0n) is 10.7. The minimum absolute atomic E-state index is 0.517. The lowest BCUT2D eigenvalue weighted by Gasteiger charge is -2.08. The second-order valence-electron chi connectivity index (χ2n) is 4.50. The monoisotopic (exact) mass is 422 g/mol. The molecule has 0 aliphatic heterocycles. The van der Waals surface area contributed by atoms with Crippen LogP contribution in [0.4, 0.5) is 0 Å². The molecule has 0 spiro atoms. The average molecular weight is 425 g/mol. The zero-order chi connectivity index (χ0) is 15.0. The van der Waals surface area contributed by atoms with Crippen LogP contribution in [0.3, 0.4) is 0 Å². The van der Waals surface area contributed by atoms with Gasteiger partial charge in [-0.25, -0.2) is 4.98 Å². The van der Waals surface area contributed by atoms with Gasteiger partial charge in [-0.15, -0.1) is 22.9 Å². The van der Waals surface area contributed by atoms with Crippen LogP contribution in [0.25, 0.3) is 11.0 Å². The summed E-state index contributed by atoms with van der Waals surface area (Å²) in [4.78, 5) is 5.87. The van der Waals surface area contributed by atoms with Gasteiger partial charge in [-0.2, -0.15) is 0 Å². The van der Waals surface area contributed by atoms with Crippen LogP contribution in [0.5, 0.6) is 0 Å². The SMILES string of the molecule is ClCCc1nc2cc(Cl)c(Cl)cc2n1Cc1sccc1Br. The second-order valence-corrected chi connectivity index (χ2v) is 7.55. The third kappa shape index (κ3) is 3.10. The van der Waals surface area contributed by atoms with Gasteiger partial charge in [0.05, 0.1) is 27.6 Å². The summed E-state index contributed by atoms with van der Waals surface area (Å²) in [5, 5.41) is 3.11. The highest BCUT2D eigenvalue weighted by Gasteiger charge is 2.14. The normalized spacial score (nSPS) is 11.4. The minimum atomic E-state index is 0.517. The predicted molar refractivity (Wildman–Crippen MR) is 95.3 cm³/mol. The van der Waals surface area contributed by atoms with Crippen molar-refractivity contribution in [1.82, 2.24) is 9.55 Å². The maximum Gasteiger partial charge on any atom is 0.111 e. The van der Waals surface area contributed by atoms with E-state index in [1.807, 2.05) is 12.1 Å². The lowest BCUT2D eigenvalue weighted by molar-refractivity contribution is 0.761. The van der Waals surface area contributed by atoms with Gasteiger partial charge in [0, 0.05) is 21.7 Å². The van der Waals surface area contributed by atoms with E-state index in [4.69, 9.17) is 34.8 Å². The number of alkyl halides is 1. The molecule has 3 aromatic rings. The van der Waals surface area contributed by atoms with E-state index >= 15 is 0 Å². The molecule has 0 fully saturated rings. The van der Waals surface area contributed by atoms with Crippen molar-refractivity contribution in [3.63, 3.8) is 0 Å². The van der Waals surface area contributed by atoms with Crippen molar-refractivity contribution >= 4 is 73.1 Å². The predicted octanol–water partition coefficient (Wildman–Crippen LogP) is 6.00. The highest BCUT2D eigenvalue weighted by Crippen LogP contribution is 2.31. The number of thiophene rings is 1. The first-order valence-electron chi connectivity index (χ1n) is 6.22. The smallest absolute Gasteiger partial charge is 0.111 e. The van der Waals surface area contributed by atoms with Crippen LogP contribution in [0, 0.1) is 0 Å². The molecule has 0 bridgehead atoms. The summed E-state index contributed by atoms with van der Waals surface area (Å²) < 4.78 is 3.25. The van der Waals surface area contributed by atoms with Gasteiger partial charge < -0.3 is 4.57 Å². The standard InChI is InChI=1S/C14H10BrCl3N2S/c15-8-2-4-21-13(8)7-20-12-6-10(18)9(17)5-11(12)19-14(20)1-3-16/h2,4-6H,1,3,7H2. The van der Waals surface area contributed by atoms with Gasteiger partial charge in [0.25, 0.3) is 0 Å². The summed E-state index contributed by atoms with van der Waals surface area (Å²) in [6, 6.07) is 5.71. The molecule has 2 aromatic heterocycles. The topological polar surface area (TPSA) is 17.8 Å². The van der Waals surface area contributed by atoms with Crippen LogP contribution in [0.15, 0.2) is 28.1 Å². The van der Waals surface area contributed by atoms with Gasteiger partial charge in [-0.3, -0.25) is 0 Å². The van der Waals surface area contributed by atoms with E-state index < -0.39 is 0 Å². The molecule has 0 radical (unpaired) electrons. The lowest BCUT2D eigenvalue weighted by atomic mass is 10.3. The fourth-order valence-electron chi connectivity index (χ4n) is 2.20. The van der Waals surface area contributed by atoms with Crippen LogP contribution in [-0.2, 0) is 13.0 Å². The summed E-state index contributed by atoms with van der Waals surface area (Å²) in [5.74, 6) is 1.47. The molecular weight excluding hydrogens is 414 g/mol. The van der Waals surface area contributed by atoms with Gasteiger partial charge >= 0.3 is 0 Å². The lowest BCUT2D eigenvalue weighted by Crippen LogP contribution is -2.05. The Bertz CT molecular complexity index is 797. The van der Waals surface area contributed by atoms with Gasteiger partial charge in [-0.05, 0) is 39.5 Å². The number of fused-ring (bicyclic) bond motifs is 1. The second kappa shape index (κ2) is 6.47. The van der Waals surface area contributed by atoms with Crippen molar-refractivity contribution in [3.8, 4) is 0 Å². The van der Waals surface area contributed by atoms with Crippen molar-refractivity contribution in [1.29, 1.82) is 0 Å². The van der Waals surface area contributed by atoms with Crippen LogP contribution in [0.2, 0.25) is 10.0 Å². The molecule has 110 valence electrons. The van der Waals surface area contributed by atoms with E-state index in [1.165, 1.54) is 4.88 Å². The molecule has 7 heteroatoms. The molecule has 1 aromatic carbocycles. The number of nitrogens with zero attached hydrogens (tertiary/aromatic N) is 2. The first-order valence-corrected chi connectivity index (χ1v) is 9.18. The third-order valence-electron chi connectivity index (χ3n) is 3.18.